The number of hydrogen-bond acceptors (Lipinski definition) is 9. The summed E-state index contributed by atoms with van der Waals surface area (Å²) in [5.41, 5.74) is 8.08. The zero-order valence-corrected chi connectivity index (χ0v) is 35.7. The fraction of sp³-hybridized carbons (Fsp3) is 0.717. The maximum absolute atomic E-state index is 14.3. The number of hydrogen-bond donors (Lipinski definition) is 2. The molecule has 0 amide bonds. The third kappa shape index (κ3) is 6.29. The fourth-order valence-electron chi connectivity index (χ4n) is 13.7. The summed E-state index contributed by atoms with van der Waals surface area (Å²) in [7, 11) is 0. The number of ketones is 1. The maximum atomic E-state index is 14.3. The van der Waals surface area contributed by atoms with Crippen LogP contribution in [0.15, 0.2) is 29.5 Å². The fourth-order valence-corrected chi connectivity index (χ4v) is 13.7. The van der Waals surface area contributed by atoms with Crippen LogP contribution in [0.3, 0.4) is 0 Å². The SMILES string of the molecule is CC(C)C1=C2[C@H]3CC[C@@H]4[C@@]5(C)CC[C@H](OC(=O)CC(C)(C)C(=O)O)C(C)(C)[C@@H]5CC[C@@]4(C)[C@]3(C)CC[C@@]2(Cc2nnc(-c3ccc(C#N)nc3)n2CCN)CC1=O. The standard InChI is InChI=1S/C46H64N6O5/c1-27(2)37-31(53)22-46(23-35-50-51-39(52(35)21-20-47)28-10-11-29(25-48)49-26-28)19-18-44(8)30(38(37)46)12-13-33-43(7)16-15-34(57-36(54)24-41(3,4)40(55)56)42(5,6)32(43)14-17-45(33,44)9/h10-11,26-27,30,32-34H,12-24,47H2,1-9H3,(H,55,56)/t30-,32+,33-,34+,43+,44-,45-,46+/m1/s1. The number of carboxylic acid groups (broad SMARTS) is 1. The topological polar surface area (TPSA) is 174 Å². The molecule has 0 spiro atoms. The third-order valence-electron chi connectivity index (χ3n) is 16.8. The number of nitrogens with zero attached hydrogens (tertiary/aromatic N) is 5. The van der Waals surface area contributed by atoms with Crippen LogP contribution in [0, 0.1) is 67.5 Å². The van der Waals surface area contributed by atoms with Gasteiger partial charge in [0.1, 0.15) is 23.7 Å². The van der Waals surface area contributed by atoms with Gasteiger partial charge in [0.15, 0.2) is 11.6 Å². The molecule has 308 valence electrons. The average Bonchev–Trinajstić information content (AvgIpc) is 3.66. The summed E-state index contributed by atoms with van der Waals surface area (Å²) in [4.78, 5) is 43.6. The molecule has 0 aliphatic heterocycles. The first-order valence-corrected chi connectivity index (χ1v) is 21.4. The number of nitriles is 1. The number of aromatic nitrogens is 4. The van der Waals surface area contributed by atoms with Crippen LogP contribution in [0.25, 0.3) is 11.4 Å². The second-order valence-corrected chi connectivity index (χ2v) is 20.8. The molecule has 0 saturated heterocycles. The molecule has 7 rings (SSSR count). The number of pyridine rings is 1. The summed E-state index contributed by atoms with van der Waals surface area (Å²) >= 11 is 0. The Labute approximate surface area is 338 Å². The number of esters is 1. The summed E-state index contributed by atoms with van der Waals surface area (Å²) < 4.78 is 8.29. The molecule has 8 atom stereocenters. The van der Waals surface area contributed by atoms with Crippen molar-refractivity contribution in [3.63, 3.8) is 0 Å². The van der Waals surface area contributed by atoms with E-state index in [9.17, 15) is 24.8 Å². The summed E-state index contributed by atoms with van der Waals surface area (Å²) in [6, 6.07) is 5.64. The molecule has 5 aliphatic carbocycles. The molecule has 2 heterocycles. The van der Waals surface area contributed by atoms with Gasteiger partial charge in [-0.2, -0.15) is 5.26 Å². The predicted octanol–water partition coefficient (Wildman–Crippen LogP) is 8.11. The van der Waals surface area contributed by atoms with Gasteiger partial charge in [0, 0.05) is 48.5 Å². The van der Waals surface area contributed by atoms with E-state index < -0.39 is 17.4 Å². The average molecular weight is 781 g/mol. The monoisotopic (exact) mass is 780 g/mol. The third-order valence-corrected chi connectivity index (χ3v) is 16.8. The number of allylic oxidation sites excluding steroid dienone is 2. The molecule has 2 aromatic rings. The van der Waals surface area contributed by atoms with Gasteiger partial charge in [0.25, 0.3) is 0 Å². The van der Waals surface area contributed by atoms with Crippen molar-refractivity contribution >= 4 is 17.7 Å². The summed E-state index contributed by atoms with van der Waals surface area (Å²) in [6.45, 7) is 20.7. The lowest BCUT2D eigenvalue weighted by atomic mass is 9.33. The number of aliphatic carboxylic acids is 1. The van der Waals surface area contributed by atoms with Crippen LogP contribution in [-0.2, 0) is 32.1 Å². The van der Waals surface area contributed by atoms with Crippen molar-refractivity contribution in [2.24, 2.45) is 61.9 Å². The molecule has 0 radical (unpaired) electrons. The lowest BCUT2D eigenvalue weighted by Gasteiger charge is -2.72. The Kier molecular flexibility index (Phi) is 10.2. The zero-order valence-electron chi connectivity index (χ0n) is 35.7. The Morgan fingerprint density at radius 1 is 1.02 bits per heavy atom. The van der Waals surface area contributed by atoms with Gasteiger partial charge in [-0.25, -0.2) is 4.98 Å². The summed E-state index contributed by atoms with van der Waals surface area (Å²) in [5, 5.41) is 28.4. The van der Waals surface area contributed by atoms with E-state index in [2.05, 4.69) is 69.2 Å². The largest absolute Gasteiger partial charge is 0.481 e. The first-order chi connectivity index (χ1) is 26.7. The molecule has 4 saturated carbocycles. The van der Waals surface area contributed by atoms with Crippen LogP contribution in [0.5, 0.6) is 0 Å². The number of rotatable bonds is 10. The van der Waals surface area contributed by atoms with E-state index in [1.165, 1.54) is 5.57 Å². The highest BCUT2D eigenvalue weighted by Crippen LogP contribution is 2.77. The van der Waals surface area contributed by atoms with Crippen molar-refractivity contribution in [3.8, 4) is 17.5 Å². The minimum atomic E-state index is -1.17. The van der Waals surface area contributed by atoms with Gasteiger partial charge in [-0.3, -0.25) is 14.4 Å². The number of carboxylic acids is 1. The van der Waals surface area contributed by atoms with Crippen LogP contribution < -0.4 is 5.73 Å². The molecule has 11 nitrogen and oxygen atoms in total. The van der Waals surface area contributed by atoms with Crippen LogP contribution >= 0.6 is 0 Å². The molecule has 11 heteroatoms. The molecule has 5 aliphatic rings. The van der Waals surface area contributed by atoms with Crippen LogP contribution in [0.2, 0.25) is 0 Å². The molecular weight excluding hydrogens is 717 g/mol. The maximum Gasteiger partial charge on any atom is 0.309 e. The van der Waals surface area contributed by atoms with Crippen molar-refractivity contribution in [3.05, 3.63) is 41.0 Å². The lowest BCUT2D eigenvalue weighted by molar-refractivity contribution is -0.233. The molecule has 3 N–H and O–H groups in total. The normalized spacial score (nSPS) is 34.5. The second kappa shape index (κ2) is 14.1. The highest BCUT2D eigenvalue weighted by atomic mass is 16.5. The first kappa shape index (κ1) is 41.3. The number of ether oxygens (including phenoxy) is 1. The quantitative estimate of drug-likeness (QED) is 0.224. The number of Topliss-reactive ketones (excluding diaryl/α,β-unsaturated/α-hetero) is 1. The molecular formula is C46H64N6O5. The minimum Gasteiger partial charge on any atom is -0.481 e. The van der Waals surface area contributed by atoms with Crippen molar-refractivity contribution in [2.45, 2.75) is 146 Å². The Bertz CT molecular complexity index is 2030. The van der Waals surface area contributed by atoms with Gasteiger partial charge >= 0.3 is 11.9 Å². The van der Waals surface area contributed by atoms with Gasteiger partial charge in [-0.15, -0.1) is 10.2 Å². The van der Waals surface area contributed by atoms with Crippen molar-refractivity contribution < 1.29 is 24.2 Å². The summed E-state index contributed by atoms with van der Waals surface area (Å²) in [5.74, 6) is 1.64. The lowest BCUT2D eigenvalue weighted by Crippen LogP contribution is -2.65. The highest BCUT2D eigenvalue weighted by Gasteiger charge is 2.70. The van der Waals surface area contributed by atoms with Gasteiger partial charge < -0.3 is 20.1 Å². The molecule has 2 aromatic heterocycles. The van der Waals surface area contributed by atoms with Crippen LogP contribution in [-0.4, -0.2) is 55.2 Å². The van der Waals surface area contributed by atoms with E-state index in [1.54, 1.807) is 26.1 Å². The smallest absolute Gasteiger partial charge is 0.309 e. The minimum absolute atomic E-state index is 0.00634. The molecule has 0 unspecified atom stereocenters. The Morgan fingerprint density at radius 3 is 2.39 bits per heavy atom. The van der Waals surface area contributed by atoms with Gasteiger partial charge in [-0.05, 0) is 123 Å². The zero-order chi connectivity index (χ0) is 41.5. The van der Waals surface area contributed by atoms with E-state index in [-0.39, 0.29) is 57.2 Å². The Balaban J connectivity index is 1.20. The van der Waals surface area contributed by atoms with Crippen molar-refractivity contribution in [2.75, 3.05) is 6.54 Å². The Morgan fingerprint density at radius 2 is 1.75 bits per heavy atom. The number of nitrogens with two attached hydrogens (primary N) is 1. The van der Waals surface area contributed by atoms with E-state index in [0.29, 0.717) is 49.3 Å². The number of carbonyl (C=O) groups is 3. The molecule has 4 fully saturated rings. The van der Waals surface area contributed by atoms with E-state index in [0.717, 1.165) is 68.3 Å². The Hall–Kier alpha value is -3.91. The molecule has 0 aromatic carbocycles. The van der Waals surface area contributed by atoms with Crippen molar-refractivity contribution in [1.29, 1.82) is 5.26 Å². The van der Waals surface area contributed by atoms with E-state index in [4.69, 9.17) is 15.6 Å². The van der Waals surface area contributed by atoms with Gasteiger partial charge in [0.2, 0.25) is 0 Å². The van der Waals surface area contributed by atoms with Gasteiger partial charge in [-0.1, -0.05) is 54.0 Å². The highest BCUT2D eigenvalue weighted by molar-refractivity contribution is 6.00. The second-order valence-electron chi connectivity index (χ2n) is 20.8. The van der Waals surface area contributed by atoms with Gasteiger partial charge in [0.05, 0.1) is 11.8 Å². The summed E-state index contributed by atoms with van der Waals surface area (Å²) in [6.07, 6.45) is 10.4. The molecule has 0 bridgehead atoms. The number of fused-ring (bicyclic) bond motifs is 7. The van der Waals surface area contributed by atoms with E-state index in [1.807, 2.05) is 6.07 Å². The van der Waals surface area contributed by atoms with Crippen LogP contribution in [0.4, 0.5) is 0 Å². The number of carbonyl (C=O) groups excluding carboxylic acids is 2. The van der Waals surface area contributed by atoms with Crippen LogP contribution in [0.1, 0.15) is 138 Å². The first-order valence-electron chi connectivity index (χ1n) is 21.4. The van der Waals surface area contributed by atoms with Crippen molar-refractivity contribution in [1.82, 2.24) is 19.7 Å². The molecule has 57 heavy (non-hydrogen) atoms. The predicted molar refractivity (Wildman–Crippen MR) is 216 cm³/mol. The van der Waals surface area contributed by atoms with E-state index >= 15 is 0 Å².